The summed E-state index contributed by atoms with van der Waals surface area (Å²) in [5.41, 5.74) is 6.61. The predicted molar refractivity (Wildman–Crippen MR) is 139 cm³/mol. The number of carbonyl (C=O) groups is 1. The Bertz CT molecular complexity index is 1360. The van der Waals surface area contributed by atoms with Crippen LogP contribution in [0.25, 0.3) is 34.2 Å². The summed E-state index contributed by atoms with van der Waals surface area (Å²) in [4.78, 5) is 25.9. The molecule has 0 aliphatic rings. The van der Waals surface area contributed by atoms with Gasteiger partial charge in [0.15, 0.2) is 24.1 Å². The van der Waals surface area contributed by atoms with Gasteiger partial charge in [-0.1, -0.05) is 47.5 Å². The van der Waals surface area contributed by atoms with E-state index < -0.39 is 5.97 Å². The molecule has 0 aliphatic heterocycles. The molecule has 0 saturated carbocycles. The average molecular weight is 484 g/mol. The first-order valence-corrected chi connectivity index (χ1v) is 11.8. The van der Waals surface area contributed by atoms with E-state index in [-0.39, 0.29) is 19.0 Å². The molecule has 7 nitrogen and oxygen atoms in total. The van der Waals surface area contributed by atoms with Gasteiger partial charge in [0, 0.05) is 17.2 Å². The molecular formula is C29H29N3O4. The van der Waals surface area contributed by atoms with Crippen LogP contribution in [-0.2, 0) is 9.53 Å². The first kappa shape index (κ1) is 24.9. The first-order chi connectivity index (χ1) is 17.2. The van der Waals surface area contributed by atoms with E-state index in [1.807, 2.05) is 52.0 Å². The van der Waals surface area contributed by atoms with Crippen LogP contribution in [0, 0.1) is 27.7 Å². The van der Waals surface area contributed by atoms with Gasteiger partial charge < -0.3 is 14.6 Å². The van der Waals surface area contributed by atoms with Gasteiger partial charge in [-0.3, -0.25) is 0 Å². The lowest BCUT2D eigenvalue weighted by molar-refractivity contribution is -0.145. The zero-order valence-corrected chi connectivity index (χ0v) is 21.1. The van der Waals surface area contributed by atoms with E-state index in [1.54, 1.807) is 19.1 Å². The summed E-state index contributed by atoms with van der Waals surface area (Å²) in [6, 6.07) is 17.0. The quantitative estimate of drug-likeness (QED) is 0.334. The molecule has 4 rings (SSSR count). The second-order valence-electron chi connectivity index (χ2n) is 8.72. The molecule has 0 spiro atoms. The van der Waals surface area contributed by atoms with Gasteiger partial charge in [-0.05, 0) is 57.9 Å². The normalized spacial score (nSPS) is 10.8. The maximum atomic E-state index is 11.6. The maximum absolute atomic E-state index is 11.6. The largest absolute Gasteiger partial charge is 0.507 e. The van der Waals surface area contributed by atoms with Crippen molar-refractivity contribution in [2.24, 2.45) is 0 Å². The standard InChI is InChI=1S/C29H29N3O4/c1-6-35-26(34)16-36-21-9-12-24(25(33)15-21)29-31-27(22-10-7-17(2)13-19(22)4)30-28(32-29)23-11-8-18(3)14-20(23)5/h7-15,33H,6,16H2,1-5H3. The molecule has 0 saturated heterocycles. The Kier molecular flexibility index (Phi) is 7.29. The molecule has 1 aromatic heterocycles. The minimum absolute atomic E-state index is 0.0688. The van der Waals surface area contributed by atoms with Crippen molar-refractivity contribution in [2.45, 2.75) is 34.6 Å². The fourth-order valence-corrected chi connectivity index (χ4v) is 4.00. The number of aromatic hydroxyl groups is 1. The van der Waals surface area contributed by atoms with Crippen LogP contribution in [0.15, 0.2) is 54.6 Å². The van der Waals surface area contributed by atoms with Gasteiger partial charge in [-0.15, -0.1) is 0 Å². The van der Waals surface area contributed by atoms with Crippen LogP contribution in [0.2, 0.25) is 0 Å². The number of esters is 1. The van der Waals surface area contributed by atoms with Crippen molar-refractivity contribution >= 4 is 5.97 Å². The lowest BCUT2D eigenvalue weighted by Gasteiger charge is -2.13. The third-order valence-corrected chi connectivity index (χ3v) is 5.75. The highest BCUT2D eigenvalue weighted by Gasteiger charge is 2.17. The number of benzene rings is 3. The number of aryl methyl sites for hydroxylation is 4. The first-order valence-electron chi connectivity index (χ1n) is 11.8. The van der Waals surface area contributed by atoms with Crippen molar-refractivity contribution in [1.29, 1.82) is 0 Å². The SMILES string of the molecule is CCOC(=O)COc1ccc(-c2nc(-c3ccc(C)cc3C)nc(-c3ccc(C)cc3C)n2)c(O)c1. The average Bonchev–Trinajstić information content (AvgIpc) is 2.82. The minimum atomic E-state index is -0.477. The van der Waals surface area contributed by atoms with Gasteiger partial charge in [0.1, 0.15) is 11.5 Å². The second kappa shape index (κ2) is 10.6. The van der Waals surface area contributed by atoms with Crippen molar-refractivity contribution in [3.05, 3.63) is 76.9 Å². The smallest absolute Gasteiger partial charge is 0.344 e. The number of hydrogen-bond donors (Lipinski definition) is 1. The van der Waals surface area contributed by atoms with E-state index in [0.29, 0.717) is 28.8 Å². The number of aromatic nitrogens is 3. The molecule has 4 aromatic rings. The van der Waals surface area contributed by atoms with Crippen LogP contribution in [0.1, 0.15) is 29.2 Å². The summed E-state index contributed by atoms with van der Waals surface area (Å²) >= 11 is 0. The Hall–Kier alpha value is -4.26. The van der Waals surface area contributed by atoms with E-state index >= 15 is 0 Å². The van der Waals surface area contributed by atoms with Gasteiger partial charge in [0.05, 0.1) is 12.2 Å². The molecule has 3 aromatic carbocycles. The van der Waals surface area contributed by atoms with Crippen LogP contribution >= 0.6 is 0 Å². The monoisotopic (exact) mass is 483 g/mol. The molecule has 0 bridgehead atoms. The molecule has 0 radical (unpaired) electrons. The summed E-state index contributed by atoms with van der Waals surface area (Å²) < 4.78 is 10.3. The zero-order valence-electron chi connectivity index (χ0n) is 21.1. The van der Waals surface area contributed by atoms with Crippen molar-refractivity contribution < 1.29 is 19.4 Å². The summed E-state index contributed by atoms with van der Waals surface area (Å²) in [7, 11) is 0. The number of rotatable bonds is 7. The number of nitrogens with zero attached hydrogens (tertiary/aromatic N) is 3. The highest BCUT2D eigenvalue weighted by Crippen LogP contribution is 2.34. The molecule has 0 unspecified atom stereocenters. The molecule has 7 heteroatoms. The number of carbonyl (C=O) groups excluding carboxylic acids is 1. The fraction of sp³-hybridized carbons (Fsp3) is 0.241. The van der Waals surface area contributed by atoms with Gasteiger partial charge >= 0.3 is 5.97 Å². The Labute approximate surface area is 210 Å². The van der Waals surface area contributed by atoms with Crippen molar-refractivity contribution in [3.63, 3.8) is 0 Å². The predicted octanol–water partition coefficient (Wildman–Crippen LogP) is 5.75. The van der Waals surface area contributed by atoms with Gasteiger partial charge in [-0.2, -0.15) is 0 Å². The van der Waals surface area contributed by atoms with Crippen LogP contribution in [0.4, 0.5) is 0 Å². The number of phenolic OH excluding ortho intramolecular Hbond substituents is 1. The fourth-order valence-electron chi connectivity index (χ4n) is 4.00. The van der Waals surface area contributed by atoms with Crippen molar-refractivity contribution in [1.82, 2.24) is 15.0 Å². The van der Waals surface area contributed by atoms with Gasteiger partial charge in [0.25, 0.3) is 0 Å². The van der Waals surface area contributed by atoms with E-state index in [9.17, 15) is 9.90 Å². The summed E-state index contributed by atoms with van der Waals surface area (Å²) in [6.07, 6.45) is 0. The van der Waals surface area contributed by atoms with E-state index in [1.165, 1.54) is 6.07 Å². The summed E-state index contributed by atoms with van der Waals surface area (Å²) in [6.45, 7) is 9.89. The number of hydrogen-bond acceptors (Lipinski definition) is 7. The Morgan fingerprint density at radius 2 is 1.25 bits per heavy atom. The summed E-state index contributed by atoms with van der Waals surface area (Å²) in [5.74, 6) is 1.17. The van der Waals surface area contributed by atoms with Crippen LogP contribution in [0.5, 0.6) is 11.5 Å². The molecular weight excluding hydrogens is 454 g/mol. The lowest BCUT2D eigenvalue weighted by Crippen LogP contribution is -2.14. The van der Waals surface area contributed by atoms with Gasteiger partial charge in [0.2, 0.25) is 0 Å². The Balaban J connectivity index is 1.80. The Morgan fingerprint density at radius 1 is 0.750 bits per heavy atom. The molecule has 1 heterocycles. The second-order valence-corrected chi connectivity index (χ2v) is 8.72. The lowest BCUT2D eigenvalue weighted by atomic mass is 10.0. The van der Waals surface area contributed by atoms with Gasteiger partial charge in [-0.25, -0.2) is 19.7 Å². The zero-order chi connectivity index (χ0) is 25.8. The molecule has 36 heavy (non-hydrogen) atoms. The molecule has 0 aliphatic carbocycles. The van der Waals surface area contributed by atoms with Crippen LogP contribution in [-0.4, -0.2) is 39.2 Å². The number of ether oxygens (including phenoxy) is 2. The highest BCUT2D eigenvalue weighted by molar-refractivity contribution is 5.73. The third kappa shape index (κ3) is 5.51. The minimum Gasteiger partial charge on any atom is -0.507 e. The summed E-state index contributed by atoms with van der Waals surface area (Å²) in [5, 5.41) is 10.8. The van der Waals surface area contributed by atoms with Crippen molar-refractivity contribution in [2.75, 3.05) is 13.2 Å². The Morgan fingerprint density at radius 3 is 1.72 bits per heavy atom. The molecule has 0 fully saturated rings. The molecule has 0 amide bonds. The maximum Gasteiger partial charge on any atom is 0.344 e. The molecule has 184 valence electrons. The van der Waals surface area contributed by atoms with Crippen LogP contribution < -0.4 is 4.74 Å². The van der Waals surface area contributed by atoms with Crippen LogP contribution in [0.3, 0.4) is 0 Å². The van der Waals surface area contributed by atoms with E-state index in [2.05, 4.69) is 12.1 Å². The van der Waals surface area contributed by atoms with E-state index in [0.717, 1.165) is 33.4 Å². The third-order valence-electron chi connectivity index (χ3n) is 5.75. The molecule has 1 N–H and O–H groups in total. The van der Waals surface area contributed by atoms with Crippen molar-refractivity contribution in [3.8, 4) is 45.7 Å². The van der Waals surface area contributed by atoms with E-state index in [4.69, 9.17) is 24.4 Å². The molecule has 0 atom stereocenters. The number of phenols is 1. The highest BCUT2D eigenvalue weighted by atomic mass is 16.6. The topological polar surface area (TPSA) is 94.4 Å².